The molecule has 2 rings (SSSR count). The molecule has 0 radical (unpaired) electrons. The van der Waals surface area contributed by atoms with Crippen LogP contribution in [-0.2, 0) is 6.42 Å². The topological polar surface area (TPSA) is 52.6 Å². The molecule has 0 spiro atoms. The Bertz CT molecular complexity index is 719. The zero-order chi connectivity index (χ0) is 20.2. The van der Waals surface area contributed by atoms with E-state index in [0.29, 0.717) is 6.04 Å². The minimum atomic E-state index is 0.410. The quantitative estimate of drug-likeness (QED) is 0.457. The van der Waals surface area contributed by atoms with Crippen LogP contribution in [0.3, 0.4) is 0 Å². The first-order valence-electron chi connectivity index (χ1n) is 10.8. The highest BCUT2D eigenvalue weighted by Gasteiger charge is 2.07. The maximum atomic E-state index is 4.79. The summed E-state index contributed by atoms with van der Waals surface area (Å²) in [6.07, 6.45) is 5.10. The minimum Gasteiger partial charge on any atom is -0.357 e. The van der Waals surface area contributed by atoms with Crippen molar-refractivity contribution in [1.29, 1.82) is 0 Å². The summed E-state index contributed by atoms with van der Waals surface area (Å²) in [5.74, 6) is 0.908. The summed E-state index contributed by atoms with van der Waals surface area (Å²) in [5.41, 5.74) is 2.34. The van der Waals surface area contributed by atoms with Crippen LogP contribution in [0.25, 0.3) is 10.9 Å². The highest BCUT2D eigenvalue weighted by atomic mass is 15.2. The van der Waals surface area contributed by atoms with E-state index in [0.717, 1.165) is 50.5 Å². The zero-order valence-corrected chi connectivity index (χ0v) is 18.0. The van der Waals surface area contributed by atoms with Gasteiger partial charge in [-0.05, 0) is 64.4 Å². The van der Waals surface area contributed by atoms with Crippen LogP contribution in [0, 0.1) is 0 Å². The Morgan fingerprint density at radius 2 is 1.93 bits per heavy atom. The summed E-state index contributed by atoms with van der Waals surface area (Å²) in [6, 6.07) is 10.9. The van der Waals surface area contributed by atoms with Gasteiger partial charge in [-0.1, -0.05) is 38.1 Å². The van der Waals surface area contributed by atoms with E-state index >= 15 is 0 Å². The lowest BCUT2D eigenvalue weighted by Crippen LogP contribution is -2.42. The van der Waals surface area contributed by atoms with Crippen molar-refractivity contribution < 1.29 is 0 Å². The van der Waals surface area contributed by atoms with Crippen molar-refractivity contribution in [2.45, 2.75) is 53.0 Å². The van der Waals surface area contributed by atoms with Gasteiger partial charge in [0.25, 0.3) is 0 Å². The fraction of sp³-hybridized carbons (Fsp3) is 0.565. The normalized spacial score (nSPS) is 13.1. The van der Waals surface area contributed by atoms with Gasteiger partial charge in [0, 0.05) is 30.7 Å². The Hall–Kier alpha value is -2.14. The number of guanidine groups is 1. The lowest BCUT2D eigenvalue weighted by atomic mass is 10.1. The van der Waals surface area contributed by atoms with E-state index in [1.165, 1.54) is 23.9 Å². The molecule has 1 heterocycles. The summed E-state index contributed by atoms with van der Waals surface area (Å²) < 4.78 is 0. The van der Waals surface area contributed by atoms with Gasteiger partial charge < -0.3 is 15.5 Å². The molecule has 0 amide bonds. The standard InChI is InChI=1S/C23H37N5/c1-5-24-23(27-19(4)11-10-18-28(6-2)7-3)26-17-15-21-13-8-12-20-14-9-16-25-22(20)21/h8-9,12-14,16,19H,5-7,10-11,15,17-18H2,1-4H3,(H2,24,26,27). The maximum absolute atomic E-state index is 4.79. The van der Waals surface area contributed by atoms with Gasteiger partial charge in [0.05, 0.1) is 5.52 Å². The molecule has 0 bridgehead atoms. The van der Waals surface area contributed by atoms with E-state index in [2.05, 4.69) is 72.5 Å². The monoisotopic (exact) mass is 383 g/mol. The molecule has 0 aliphatic rings. The third kappa shape index (κ3) is 7.12. The van der Waals surface area contributed by atoms with Gasteiger partial charge in [0.2, 0.25) is 0 Å². The molecular formula is C23H37N5. The first-order valence-corrected chi connectivity index (χ1v) is 10.8. The number of hydrogen-bond donors (Lipinski definition) is 2. The molecule has 1 aromatic heterocycles. The highest BCUT2D eigenvalue weighted by molar-refractivity contribution is 5.82. The van der Waals surface area contributed by atoms with Crippen LogP contribution in [0.2, 0.25) is 0 Å². The van der Waals surface area contributed by atoms with Gasteiger partial charge in [-0.3, -0.25) is 9.98 Å². The van der Waals surface area contributed by atoms with Crippen molar-refractivity contribution in [3.05, 3.63) is 42.1 Å². The second-order valence-electron chi connectivity index (χ2n) is 7.22. The number of benzene rings is 1. The zero-order valence-electron chi connectivity index (χ0n) is 18.0. The van der Waals surface area contributed by atoms with Gasteiger partial charge in [-0.2, -0.15) is 0 Å². The SMILES string of the molecule is CCNC(=NCCc1cccc2cccnc12)NC(C)CCCN(CC)CC. The smallest absolute Gasteiger partial charge is 0.191 e. The van der Waals surface area contributed by atoms with Crippen molar-refractivity contribution in [3.63, 3.8) is 0 Å². The highest BCUT2D eigenvalue weighted by Crippen LogP contribution is 2.16. The number of aromatic nitrogens is 1. The molecule has 0 aliphatic heterocycles. The van der Waals surface area contributed by atoms with Gasteiger partial charge in [-0.15, -0.1) is 0 Å². The van der Waals surface area contributed by atoms with Gasteiger partial charge in [0.1, 0.15) is 0 Å². The van der Waals surface area contributed by atoms with Crippen LogP contribution in [0.1, 0.15) is 46.1 Å². The molecule has 1 atom stereocenters. The number of para-hydroxylation sites is 1. The van der Waals surface area contributed by atoms with Crippen LogP contribution in [-0.4, -0.2) is 54.6 Å². The second-order valence-corrected chi connectivity index (χ2v) is 7.22. The van der Waals surface area contributed by atoms with Crippen molar-refractivity contribution in [2.24, 2.45) is 4.99 Å². The third-order valence-electron chi connectivity index (χ3n) is 5.10. The summed E-state index contributed by atoms with van der Waals surface area (Å²) >= 11 is 0. The van der Waals surface area contributed by atoms with Crippen molar-refractivity contribution >= 4 is 16.9 Å². The Morgan fingerprint density at radius 3 is 2.68 bits per heavy atom. The van der Waals surface area contributed by atoms with E-state index in [1.807, 2.05) is 12.3 Å². The van der Waals surface area contributed by atoms with Crippen LogP contribution < -0.4 is 10.6 Å². The number of fused-ring (bicyclic) bond motifs is 1. The second kappa shape index (κ2) is 12.3. The third-order valence-corrected chi connectivity index (χ3v) is 5.10. The van der Waals surface area contributed by atoms with E-state index in [1.54, 1.807) is 0 Å². The van der Waals surface area contributed by atoms with E-state index < -0.39 is 0 Å². The predicted octanol–water partition coefficient (Wildman–Crippen LogP) is 3.84. The largest absolute Gasteiger partial charge is 0.357 e. The Morgan fingerprint density at radius 1 is 1.14 bits per heavy atom. The lowest BCUT2D eigenvalue weighted by molar-refractivity contribution is 0.292. The number of aliphatic imine (C=N–C) groups is 1. The van der Waals surface area contributed by atoms with Gasteiger partial charge in [0.15, 0.2) is 5.96 Å². The summed E-state index contributed by atoms with van der Waals surface area (Å²) in [4.78, 5) is 11.8. The van der Waals surface area contributed by atoms with E-state index in [9.17, 15) is 0 Å². The number of nitrogens with one attached hydrogen (secondary N) is 2. The molecule has 1 unspecified atom stereocenters. The van der Waals surface area contributed by atoms with E-state index in [-0.39, 0.29) is 0 Å². The van der Waals surface area contributed by atoms with Crippen molar-refractivity contribution in [1.82, 2.24) is 20.5 Å². The molecule has 2 aromatic rings. The molecule has 154 valence electrons. The maximum Gasteiger partial charge on any atom is 0.191 e. The Balaban J connectivity index is 1.87. The summed E-state index contributed by atoms with van der Waals surface area (Å²) in [5, 5.41) is 8.12. The predicted molar refractivity (Wildman–Crippen MR) is 121 cm³/mol. The molecule has 2 N–H and O–H groups in total. The first-order chi connectivity index (χ1) is 13.7. The van der Waals surface area contributed by atoms with Crippen molar-refractivity contribution in [2.75, 3.05) is 32.7 Å². The fourth-order valence-corrected chi connectivity index (χ4v) is 3.44. The average Bonchev–Trinajstić information content (AvgIpc) is 2.71. The van der Waals surface area contributed by atoms with Crippen molar-refractivity contribution in [3.8, 4) is 0 Å². The van der Waals surface area contributed by atoms with Gasteiger partial charge >= 0.3 is 0 Å². The van der Waals surface area contributed by atoms with Crippen LogP contribution in [0.5, 0.6) is 0 Å². The number of rotatable bonds is 11. The number of pyridine rings is 1. The fourth-order valence-electron chi connectivity index (χ4n) is 3.44. The molecular weight excluding hydrogens is 346 g/mol. The lowest BCUT2D eigenvalue weighted by Gasteiger charge is -2.21. The van der Waals surface area contributed by atoms with Crippen LogP contribution in [0.15, 0.2) is 41.5 Å². The molecule has 0 fully saturated rings. The molecule has 5 heteroatoms. The molecule has 1 aromatic carbocycles. The number of hydrogen-bond acceptors (Lipinski definition) is 3. The van der Waals surface area contributed by atoms with Gasteiger partial charge in [-0.25, -0.2) is 0 Å². The Kier molecular flexibility index (Phi) is 9.77. The Labute approximate surface area is 170 Å². The molecule has 0 saturated heterocycles. The number of nitrogens with zero attached hydrogens (tertiary/aromatic N) is 3. The molecule has 0 aliphatic carbocycles. The molecule has 0 saturated carbocycles. The first kappa shape index (κ1) is 22.2. The molecule has 5 nitrogen and oxygen atoms in total. The van der Waals surface area contributed by atoms with Crippen LogP contribution in [0.4, 0.5) is 0 Å². The summed E-state index contributed by atoms with van der Waals surface area (Å²) in [7, 11) is 0. The summed E-state index contributed by atoms with van der Waals surface area (Å²) in [6.45, 7) is 13.8. The minimum absolute atomic E-state index is 0.410. The van der Waals surface area contributed by atoms with E-state index in [4.69, 9.17) is 4.99 Å². The van der Waals surface area contributed by atoms with Crippen LogP contribution >= 0.6 is 0 Å². The molecule has 28 heavy (non-hydrogen) atoms. The average molecular weight is 384 g/mol.